The van der Waals surface area contributed by atoms with Crippen LogP contribution in [0.15, 0.2) is 22.7 Å². The number of nitriles is 1. The molecule has 2 rings (SSSR count). The van der Waals surface area contributed by atoms with Crippen molar-refractivity contribution in [2.75, 3.05) is 0 Å². The third-order valence-corrected chi connectivity index (χ3v) is 3.42. The summed E-state index contributed by atoms with van der Waals surface area (Å²) >= 11 is 15.5. The summed E-state index contributed by atoms with van der Waals surface area (Å²) in [6, 6.07) is 7.59. The molecule has 0 aliphatic carbocycles. The van der Waals surface area contributed by atoms with Crippen molar-refractivity contribution in [3.8, 4) is 6.07 Å². The van der Waals surface area contributed by atoms with Gasteiger partial charge in [0, 0.05) is 15.4 Å². The van der Waals surface area contributed by atoms with Crippen LogP contribution in [0.2, 0.25) is 10.2 Å². The summed E-state index contributed by atoms with van der Waals surface area (Å²) in [6.45, 7) is 0. The van der Waals surface area contributed by atoms with Gasteiger partial charge in [0.2, 0.25) is 0 Å². The molecule has 2 aromatic rings. The molecule has 1 aromatic carbocycles. The highest BCUT2D eigenvalue weighted by atomic mass is 79.9. The van der Waals surface area contributed by atoms with Gasteiger partial charge in [0.1, 0.15) is 5.15 Å². The van der Waals surface area contributed by atoms with Gasteiger partial charge in [-0.05, 0) is 12.1 Å². The fraction of sp³-hybridized carbons (Fsp3) is 0.0909. The quantitative estimate of drug-likeness (QED) is 0.733. The SMILES string of the molecule is N#CCc1c(Cl)nc2cc(Br)ccc2c1Cl. The molecule has 80 valence electrons. The summed E-state index contributed by atoms with van der Waals surface area (Å²) < 4.78 is 0.910. The summed E-state index contributed by atoms with van der Waals surface area (Å²) in [4.78, 5) is 4.22. The molecule has 1 aromatic heterocycles. The molecular formula is C11H5BrCl2N2. The van der Waals surface area contributed by atoms with Gasteiger partial charge in [-0.2, -0.15) is 5.26 Å². The van der Waals surface area contributed by atoms with Crippen LogP contribution in [0.5, 0.6) is 0 Å². The number of aromatic nitrogens is 1. The lowest BCUT2D eigenvalue weighted by Crippen LogP contribution is -1.91. The number of hydrogen-bond acceptors (Lipinski definition) is 2. The number of benzene rings is 1. The Morgan fingerprint density at radius 3 is 2.81 bits per heavy atom. The van der Waals surface area contributed by atoms with Gasteiger partial charge in [0.25, 0.3) is 0 Å². The summed E-state index contributed by atoms with van der Waals surface area (Å²) in [5, 5.41) is 10.3. The first-order valence-corrected chi connectivity index (χ1v) is 5.98. The van der Waals surface area contributed by atoms with Crippen LogP contribution in [0.3, 0.4) is 0 Å². The standard InChI is InChI=1S/C11H5BrCl2N2/c12-6-1-2-7-9(5-6)16-11(14)8(3-4-15)10(7)13/h1-2,5H,3H2. The van der Waals surface area contributed by atoms with Gasteiger partial charge in [-0.25, -0.2) is 4.98 Å². The van der Waals surface area contributed by atoms with Crippen molar-refractivity contribution in [3.05, 3.63) is 38.4 Å². The molecule has 0 saturated heterocycles. The van der Waals surface area contributed by atoms with E-state index in [2.05, 4.69) is 20.9 Å². The Hall–Kier alpha value is -0.820. The van der Waals surface area contributed by atoms with Gasteiger partial charge >= 0.3 is 0 Å². The Bertz CT molecular complexity index is 605. The fourth-order valence-corrected chi connectivity index (χ4v) is 2.40. The van der Waals surface area contributed by atoms with Crippen molar-refractivity contribution in [1.29, 1.82) is 5.26 Å². The van der Waals surface area contributed by atoms with Crippen LogP contribution < -0.4 is 0 Å². The minimum absolute atomic E-state index is 0.163. The zero-order chi connectivity index (χ0) is 11.7. The second kappa shape index (κ2) is 4.58. The van der Waals surface area contributed by atoms with E-state index in [0.717, 1.165) is 9.86 Å². The predicted octanol–water partition coefficient (Wildman–Crippen LogP) is 4.37. The highest BCUT2D eigenvalue weighted by Crippen LogP contribution is 2.32. The lowest BCUT2D eigenvalue weighted by molar-refractivity contribution is 1.22. The van der Waals surface area contributed by atoms with Crippen LogP contribution in [0.4, 0.5) is 0 Å². The molecule has 0 unspecified atom stereocenters. The smallest absolute Gasteiger partial charge is 0.135 e. The van der Waals surface area contributed by atoms with E-state index in [1.165, 1.54) is 0 Å². The molecule has 16 heavy (non-hydrogen) atoms. The Morgan fingerprint density at radius 1 is 1.38 bits per heavy atom. The summed E-state index contributed by atoms with van der Waals surface area (Å²) in [6.07, 6.45) is 0.163. The van der Waals surface area contributed by atoms with E-state index < -0.39 is 0 Å². The van der Waals surface area contributed by atoms with Crippen molar-refractivity contribution >= 4 is 50.0 Å². The number of pyridine rings is 1. The minimum atomic E-state index is 0.163. The average molecular weight is 316 g/mol. The van der Waals surface area contributed by atoms with E-state index in [0.29, 0.717) is 16.1 Å². The normalized spacial score (nSPS) is 10.4. The molecule has 0 amide bonds. The van der Waals surface area contributed by atoms with E-state index in [1.54, 1.807) is 0 Å². The van der Waals surface area contributed by atoms with E-state index >= 15 is 0 Å². The van der Waals surface area contributed by atoms with E-state index in [-0.39, 0.29) is 11.6 Å². The maximum Gasteiger partial charge on any atom is 0.135 e. The first-order chi connectivity index (χ1) is 7.63. The van der Waals surface area contributed by atoms with Gasteiger partial charge in [-0.1, -0.05) is 45.2 Å². The molecule has 1 heterocycles. The second-order valence-corrected chi connectivity index (χ2v) is 4.84. The molecule has 0 N–H and O–H groups in total. The Morgan fingerprint density at radius 2 is 2.12 bits per heavy atom. The third-order valence-electron chi connectivity index (χ3n) is 2.18. The number of hydrogen-bond donors (Lipinski definition) is 0. The number of halogens is 3. The maximum absolute atomic E-state index is 8.68. The maximum atomic E-state index is 8.68. The van der Waals surface area contributed by atoms with Crippen molar-refractivity contribution in [3.63, 3.8) is 0 Å². The van der Waals surface area contributed by atoms with Crippen LogP contribution in [-0.4, -0.2) is 4.98 Å². The molecule has 0 atom stereocenters. The van der Waals surface area contributed by atoms with Gasteiger partial charge in [0.05, 0.1) is 23.0 Å². The zero-order valence-corrected chi connectivity index (χ0v) is 11.1. The van der Waals surface area contributed by atoms with Crippen LogP contribution >= 0.6 is 39.1 Å². The van der Waals surface area contributed by atoms with E-state index in [4.69, 9.17) is 28.5 Å². The summed E-state index contributed by atoms with van der Waals surface area (Å²) in [5.74, 6) is 0. The first kappa shape index (κ1) is 11.7. The van der Waals surface area contributed by atoms with Crippen LogP contribution in [-0.2, 0) is 6.42 Å². The number of rotatable bonds is 1. The molecule has 0 saturated carbocycles. The lowest BCUT2D eigenvalue weighted by atomic mass is 10.1. The van der Waals surface area contributed by atoms with Crippen molar-refractivity contribution < 1.29 is 0 Å². The van der Waals surface area contributed by atoms with Crippen LogP contribution in [0.25, 0.3) is 10.9 Å². The van der Waals surface area contributed by atoms with Gasteiger partial charge in [-0.15, -0.1) is 0 Å². The lowest BCUT2D eigenvalue weighted by Gasteiger charge is -2.06. The number of fused-ring (bicyclic) bond motifs is 1. The Kier molecular flexibility index (Phi) is 3.34. The Balaban J connectivity index is 2.79. The van der Waals surface area contributed by atoms with Crippen LogP contribution in [0, 0.1) is 11.3 Å². The topological polar surface area (TPSA) is 36.7 Å². The monoisotopic (exact) mass is 314 g/mol. The summed E-state index contributed by atoms with van der Waals surface area (Å²) in [5.41, 5.74) is 1.30. The first-order valence-electron chi connectivity index (χ1n) is 4.43. The molecular weight excluding hydrogens is 311 g/mol. The minimum Gasteiger partial charge on any atom is -0.236 e. The molecule has 0 aliphatic heterocycles. The van der Waals surface area contributed by atoms with Gasteiger partial charge in [-0.3, -0.25) is 0 Å². The van der Waals surface area contributed by atoms with Crippen LogP contribution in [0.1, 0.15) is 5.56 Å². The molecule has 0 bridgehead atoms. The average Bonchev–Trinajstić information content (AvgIpc) is 2.23. The highest BCUT2D eigenvalue weighted by Gasteiger charge is 2.12. The fourth-order valence-electron chi connectivity index (χ4n) is 1.44. The molecule has 0 fully saturated rings. The highest BCUT2D eigenvalue weighted by molar-refractivity contribution is 9.10. The molecule has 5 heteroatoms. The predicted molar refractivity (Wildman–Crippen MR) is 68.8 cm³/mol. The van der Waals surface area contributed by atoms with Gasteiger partial charge in [0.15, 0.2) is 0 Å². The largest absolute Gasteiger partial charge is 0.236 e. The van der Waals surface area contributed by atoms with Crippen molar-refractivity contribution in [2.24, 2.45) is 0 Å². The molecule has 0 radical (unpaired) electrons. The molecule has 2 nitrogen and oxygen atoms in total. The van der Waals surface area contributed by atoms with Crippen molar-refractivity contribution in [2.45, 2.75) is 6.42 Å². The number of nitrogens with zero attached hydrogens (tertiary/aromatic N) is 2. The van der Waals surface area contributed by atoms with E-state index in [1.807, 2.05) is 24.3 Å². The van der Waals surface area contributed by atoms with E-state index in [9.17, 15) is 0 Å². The molecule has 0 aliphatic rings. The second-order valence-electron chi connectivity index (χ2n) is 3.19. The third kappa shape index (κ3) is 2.01. The zero-order valence-electron chi connectivity index (χ0n) is 7.97. The van der Waals surface area contributed by atoms with Gasteiger partial charge < -0.3 is 0 Å². The Labute approximate surface area is 111 Å². The molecule has 0 spiro atoms. The van der Waals surface area contributed by atoms with Crippen molar-refractivity contribution in [1.82, 2.24) is 4.98 Å². The summed E-state index contributed by atoms with van der Waals surface area (Å²) in [7, 11) is 0.